The van der Waals surface area contributed by atoms with Gasteiger partial charge in [0.05, 0.1) is 6.42 Å². The van der Waals surface area contributed by atoms with Gasteiger partial charge in [0.1, 0.15) is 6.61 Å². The maximum absolute atomic E-state index is 12.5. The molecule has 3 atom stereocenters. The van der Waals surface area contributed by atoms with Gasteiger partial charge in [-0.1, -0.05) is 61.4 Å². The fraction of sp³-hybridized carbons (Fsp3) is 0.464. The predicted molar refractivity (Wildman–Crippen MR) is 133 cm³/mol. The van der Waals surface area contributed by atoms with Gasteiger partial charge in [0.15, 0.2) is 0 Å². The Balaban J connectivity index is 1.22. The Morgan fingerprint density at radius 3 is 2.29 bits per heavy atom. The molecule has 0 bridgehead atoms. The molecule has 4 rings (SSSR count). The molecule has 0 spiro atoms. The summed E-state index contributed by atoms with van der Waals surface area (Å²) in [6.45, 7) is 2.10. The Bertz CT molecular complexity index is 1020. The molecule has 0 saturated heterocycles. The summed E-state index contributed by atoms with van der Waals surface area (Å²) in [5.41, 5.74) is 4.69. The zero-order valence-corrected chi connectivity index (χ0v) is 20.2. The summed E-state index contributed by atoms with van der Waals surface area (Å²) in [4.78, 5) is 36.0. The van der Waals surface area contributed by atoms with Gasteiger partial charge in [0, 0.05) is 24.4 Å². The van der Waals surface area contributed by atoms with E-state index in [4.69, 9.17) is 9.84 Å². The molecule has 1 fully saturated rings. The van der Waals surface area contributed by atoms with E-state index in [0.717, 1.165) is 36.8 Å². The van der Waals surface area contributed by atoms with Crippen molar-refractivity contribution in [1.82, 2.24) is 10.6 Å². The van der Waals surface area contributed by atoms with Crippen LogP contribution in [-0.4, -0.2) is 41.8 Å². The highest BCUT2D eigenvalue weighted by molar-refractivity contribution is 5.79. The third kappa shape index (κ3) is 6.21. The van der Waals surface area contributed by atoms with Crippen LogP contribution in [0.25, 0.3) is 11.1 Å². The molecule has 0 aliphatic heterocycles. The molecule has 35 heavy (non-hydrogen) atoms. The topological polar surface area (TPSA) is 105 Å². The fourth-order valence-corrected chi connectivity index (χ4v) is 5.41. The second-order valence-electron chi connectivity index (χ2n) is 9.73. The normalized spacial score (nSPS) is 19.8. The van der Waals surface area contributed by atoms with Gasteiger partial charge in [0.25, 0.3) is 0 Å². The highest BCUT2D eigenvalue weighted by Crippen LogP contribution is 2.44. The van der Waals surface area contributed by atoms with Gasteiger partial charge in [-0.25, -0.2) is 4.79 Å². The van der Waals surface area contributed by atoms with E-state index in [1.807, 2.05) is 31.2 Å². The number of alkyl carbamates (subject to hydrolysis) is 1. The van der Waals surface area contributed by atoms with Crippen molar-refractivity contribution in [3.8, 4) is 11.1 Å². The van der Waals surface area contributed by atoms with Gasteiger partial charge < -0.3 is 20.5 Å². The summed E-state index contributed by atoms with van der Waals surface area (Å²) in [6.07, 6.45) is 3.99. The molecule has 0 aromatic heterocycles. The minimum Gasteiger partial charge on any atom is -0.481 e. The van der Waals surface area contributed by atoms with Crippen LogP contribution < -0.4 is 10.6 Å². The summed E-state index contributed by atoms with van der Waals surface area (Å²) in [6, 6.07) is 16.1. The summed E-state index contributed by atoms with van der Waals surface area (Å²) < 4.78 is 5.58. The number of carboxylic acids is 1. The molecule has 3 unspecified atom stereocenters. The molecule has 3 N–H and O–H groups in total. The van der Waals surface area contributed by atoms with E-state index in [1.54, 1.807) is 0 Å². The van der Waals surface area contributed by atoms with Gasteiger partial charge in [-0.3, -0.25) is 9.59 Å². The number of hydrogen-bond donors (Lipinski definition) is 3. The zero-order chi connectivity index (χ0) is 24.8. The summed E-state index contributed by atoms with van der Waals surface area (Å²) in [5, 5.41) is 15.0. The molecular formula is C28H34N2O5. The molecule has 2 aliphatic rings. The zero-order valence-electron chi connectivity index (χ0n) is 20.2. The molecule has 7 nitrogen and oxygen atoms in total. The largest absolute Gasteiger partial charge is 0.481 e. The monoisotopic (exact) mass is 478 g/mol. The Morgan fingerprint density at radius 2 is 1.63 bits per heavy atom. The average Bonchev–Trinajstić information content (AvgIpc) is 3.16. The van der Waals surface area contributed by atoms with Crippen LogP contribution in [0, 0.1) is 5.92 Å². The minimum absolute atomic E-state index is 0.00322. The minimum atomic E-state index is -0.822. The molecule has 2 aromatic rings. The predicted octanol–water partition coefficient (Wildman–Crippen LogP) is 4.84. The number of carbonyl (C=O) groups excluding carboxylic acids is 2. The van der Waals surface area contributed by atoms with Crippen molar-refractivity contribution in [2.24, 2.45) is 5.92 Å². The first kappa shape index (κ1) is 24.8. The van der Waals surface area contributed by atoms with E-state index in [1.165, 1.54) is 11.1 Å². The van der Waals surface area contributed by atoms with Gasteiger partial charge in [-0.15, -0.1) is 0 Å². The molecular weight excluding hydrogens is 444 g/mol. The first-order chi connectivity index (χ1) is 16.9. The average molecular weight is 479 g/mol. The van der Waals surface area contributed by atoms with Crippen LogP contribution in [-0.2, 0) is 14.3 Å². The molecule has 7 heteroatoms. The Kier molecular flexibility index (Phi) is 8.06. The number of ether oxygens (including phenoxy) is 1. The number of carbonyl (C=O) groups is 3. The van der Waals surface area contributed by atoms with Crippen LogP contribution in [0.15, 0.2) is 48.5 Å². The van der Waals surface area contributed by atoms with Crippen molar-refractivity contribution in [3.63, 3.8) is 0 Å². The van der Waals surface area contributed by atoms with E-state index in [-0.39, 0.29) is 49.3 Å². The number of fused-ring (bicyclic) bond motifs is 3. The van der Waals surface area contributed by atoms with E-state index in [9.17, 15) is 14.4 Å². The second-order valence-corrected chi connectivity index (χ2v) is 9.73. The third-order valence-electron chi connectivity index (χ3n) is 7.20. The number of aliphatic carboxylic acids is 1. The molecule has 0 radical (unpaired) electrons. The van der Waals surface area contributed by atoms with Gasteiger partial charge in [0.2, 0.25) is 5.91 Å². The number of rotatable bonds is 9. The summed E-state index contributed by atoms with van der Waals surface area (Å²) in [7, 11) is 0. The number of nitrogens with one attached hydrogen (secondary N) is 2. The van der Waals surface area contributed by atoms with Crippen molar-refractivity contribution in [2.75, 3.05) is 6.61 Å². The van der Waals surface area contributed by atoms with Crippen molar-refractivity contribution in [2.45, 2.75) is 69.9 Å². The van der Waals surface area contributed by atoms with E-state index in [0.29, 0.717) is 6.42 Å². The van der Waals surface area contributed by atoms with Crippen molar-refractivity contribution < 1.29 is 24.2 Å². The van der Waals surface area contributed by atoms with Crippen LogP contribution in [0.3, 0.4) is 0 Å². The Labute approximate surface area is 206 Å². The van der Waals surface area contributed by atoms with Crippen LogP contribution in [0.4, 0.5) is 4.79 Å². The maximum Gasteiger partial charge on any atom is 0.407 e. The molecule has 2 aromatic carbocycles. The SMILES string of the molecule is CC(CCC(=O)NC1CCCCC1CC(=O)O)NC(=O)OCC1c2ccccc2-c2ccccc21. The summed E-state index contributed by atoms with van der Waals surface area (Å²) >= 11 is 0. The number of benzene rings is 2. The highest BCUT2D eigenvalue weighted by atomic mass is 16.5. The third-order valence-corrected chi connectivity index (χ3v) is 7.20. The molecule has 2 amide bonds. The highest BCUT2D eigenvalue weighted by Gasteiger charge is 2.30. The van der Waals surface area contributed by atoms with E-state index >= 15 is 0 Å². The number of hydrogen-bond acceptors (Lipinski definition) is 4. The molecule has 0 heterocycles. The van der Waals surface area contributed by atoms with Crippen LogP contribution >= 0.6 is 0 Å². The van der Waals surface area contributed by atoms with Crippen molar-refractivity contribution >= 4 is 18.0 Å². The van der Waals surface area contributed by atoms with Crippen molar-refractivity contribution in [3.05, 3.63) is 59.7 Å². The number of amides is 2. The van der Waals surface area contributed by atoms with Crippen LogP contribution in [0.2, 0.25) is 0 Å². The Morgan fingerprint density at radius 1 is 1.00 bits per heavy atom. The standard InChI is InChI=1S/C28H34N2O5/c1-18(14-15-26(31)30-25-13-7-2-8-19(25)16-27(32)33)29-28(34)35-17-24-22-11-5-3-9-20(22)21-10-4-6-12-23(21)24/h3-6,9-12,18-19,24-25H,2,7-8,13-17H2,1H3,(H,29,34)(H,30,31)(H,32,33). The van der Waals surface area contributed by atoms with Crippen molar-refractivity contribution in [1.29, 1.82) is 0 Å². The molecule has 186 valence electrons. The first-order valence-corrected chi connectivity index (χ1v) is 12.5. The van der Waals surface area contributed by atoms with E-state index < -0.39 is 12.1 Å². The molecule has 2 aliphatic carbocycles. The lowest BCUT2D eigenvalue weighted by molar-refractivity contribution is -0.139. The first-order valence-electron chi connectivity index (χ1n) is 12.5. The quantitative estimate of drug-likeness (QED) is 0.478. The van der Waals surface area contributed by atoms with Gasteiger partial charge in [-0.05, 0) is 54.4 Å². The van der Waals surface area contributed by atoms with Gasteiger partial charge >= 0.3 is 12.1 Å². The summed E-state index contributed by atoms with van der Waals surface area (Å²) in [5.74, 6) is -0.935. The second kappa shape index (κ2) is 11.4. The lowest BCUT2D eigenvalue weighted by Gasteiger charge is -2.31. The lowest BCUT2D eigenvalue weighted by Crippen LogP contribution is -2.43. The maximum atomic E-state index is 12.5. The smallest absolute Gasteiger partial charge is 0.407 e. The molecule has 1 saturated carbocycles. The van der Waals surface area contributed by atoms with Crippen LogP contribution in [0.1, 0.15) is 68.9 Å². The number of carboxylic acid groups (broad SMARTS) is 1. The van der Waals surface area contributed by atoms with E-state index in [2.05, 4.69) is 34.9 Å². The fourth-order valence-electron chi connectivity index (χ4n) is 5.41. The van der Waals surface area contributed by atoms with Gasteiger partial charge in [-0.2, -0.15) is 0 Å². The lowest BCUT2D eigenvalue weighted by atomic mass is 9.82. The Hall–Kier alpha value is -3.35. The van der Waals surface area contributed by atoms with Crippen LogP contribution in [0.5, 0.6) is 0 Å².